The molecule has 3 heterocycles. The third-order valence-electron chi connectivity index (χ3n) is 6.88. The van der Waals surface area contributed by atoms with E-state index in [1.807, 2.05) is 23.9 Å². The maximum Gasteiger partial charge on any atom is 0.237 e. The van der Waals surface area contributed by atoms with Gasteiger partial charge in [-0.2, -0.15) is 0 Å². The van der Waals surface area contributed by atoms with Gasteiger partial charge in [-0.05, 0) is 44.5 Å². The van der Waals surface area contributed by atoms with Gasteiger partial charge in [-0.25, -0.2) is 0 Å². The Kier molecular flexibility index (Phi) is 5.93. The Morgan fingerprint density at radius 3 is 2.62 bits per heavy atom. The molecule has 6 nitrogen and oxygen atoms in total. The Hall–Kier alpha value is -1.92. The van der Waals surface area contributed by atoms with Gasteiger partial charge in [0, 0.05) is 51.6 Å². The highest BCUT2D eigenvalue weighted by atomic mass is 16.2. The van der Waals surface area contributed by atoms with Crippen molar-refractivity contribution in [1.29, 1.82) is 0 Å². The van der Waals surface area contributed by atoms with Crippen LogP contribution in [0.25, 0.3) is 0 Å². The average Bonchev–Trinajstić information content (AvgIpc) is 3.34. The van der Waals surface area contributed by atoms with Gasteiger partial charge in [0.15, 0.2) is 0 Å². The van der Waals surface area contributed by atoms with E-state index in [2.05, 4.69) is 41.0 Å². The van der Waals surface area contributed by atoms with Crippen molar-refractivity contribution in [1.82, 2.24) is 19.6 Å². The summed E-state index contributed by atoms with van der Waals surface area (Å²) in [6.45, 7) is 8.21. The van der Waals surface area contributed by atoms with Crippen molar-refractivity contribution in [3.05, 3.63) is 35.4 Å². The predicted molar refractivity (Wildman–Crippen MR) is 113 cm³/mol. The fraction of sp³-hybridized carbons (Fsp3) is 0.652. The summed E-state index contributed by atoms with van der Waals surface area (Å²) in [5.41, 5.74) is 2.56. The highest BCUT2D eigenvalue weighted by molar-refractivity contribution is 5.79. The van der Waals surface area contributed by atoms with Gasteiger partial charge in [0.2, 0.25) is 11.8 Å². The van der Waals surface area contributed by atoms with Gasteiger partial charge < -0.3 is 19.6 Å². The fourth-order valence-electron chi connectivity index (χ4n) is 5.46. The van der Waals surface area contributed by atoms with E-state index >= 15 is 0 Å². The van der Waals surface area contributed by atoms with Crippen LogP contribution >= 0.6 is 0 Å². The summed E-state index contributed by atoms with van der Waals surface area (Å²) in [5.74, 6) is 1.52. The van der Waals surface area contributed by atoms with Crippen LogP contribution in [0.2, 0.25) is 0 Å². The molecule has 3 fully saturated rings. The van der Waals surface area contributed by atoms with Gasteiger partial charge in [-0.1, -0.05) is 24.3 Å². The molecule has 0 unspecified atom stereocenters. The molecule has 0 bridgehead atoms. The van der Waals surface area contributed by atoms with Gasteiger partial charge in [0.25, 0.3) is 0 Å². The van der Waals surface area contributed by atoms with E-state index in [1.54, 1.807) is 0 Å². The minimum Gasteiger partial charge on any atom is -0.341 e. The minimum absolute atomic E-state index is 0.159. The lowest BCUT2D eigenvalue weighted by molar-refractivity contribution is -0.133. The summed E-state index contributed by atoms with van der Waals surface area (Å²) in [7, 11) is 3.91. The Morgan fingerprint density at radius 1 is 1.14 bits per heavy atom. The molecule has 1 aromatic rings. The molecule has 0 aromatic heterocycles. The van der Waals surface area contributed by atoms with E-state index in [0.29, 0.717) is 30.7 Å². The molecule has 0 spiro atoms. The number of likely N-dealkylation sites (N-methyl/N-ethyl adjacent to an activating group) is 1. The first-order valence-electron chi connectivity index (χ1n) is 10.9. The second kappa shape index (κ2) is 8.44. The number of fused-ring (bicyclic) bond motifs is 1. The van der Waals surface area contributed by atoms with Crippen LogP contribution in [0.15, 0.2) is 24.3 Å². The molecule has 3 aliphatic rings. The van der Waals surface area contributed by atoms with Crippen molar-refractivity contribution >= 4 is 11.8 Å². The van der Waals surface area contributed by atoms with Gasteiger partial charge >= 0.3 is 0 Å². The first kappa shape index (κ1) is 20.4. The average molecular weight is 399 g/mol. The summed E-state index contributed by atoms with van der Waals surface area (Å²) < 4.78 is 0. The van der Waals surface area contributed by atoms with Gasteiger partial charge in [0.05, 0.1) is 12.6 Å². The number of benzene rings is 1. The molecule has 4 rings (SSSR count). The zero-order valence-corrected chi connectivity index (χ0v) is 18.0. The number of amides is 2. The Morgan fingerprint density at radius 2 is 1.93 bits per heavy atom. The second-order valence-electron chi connectivity index (χ2n) is 9.25. The molecular weight excluding hydrogens is 364 g/mol. The Bertz CT molecular complexity index is 765. The zero-order valence-electron chi connectivity index (χ0n) is 18.0. The summed E-state index contributed by atoms with van der Waals surface area (Å²) in [6, 6.07) is 8.68. The van der Waals surface area contributed by atoms with E-state index in [-0.39, 0.29) is 11.9 Å². The number of likely N-dealkylation sites (tertiary alicyclic amines) is 3. The van der Waals surface area contributed by atoms with Gasteiger partial charge in [-0.15, -0.1) is 0 Å². The summed E-state index contributed by atoms with van der Waals surface area (Å²) >= 11 is 0. The number of carbonyl (C=O) groups excluding carboxylic acids is 2. The zero-order chi connectivity index (χ0) is 20.5. The monoisotopic (exact) mass is 398 g/mol. The Balaban J connectivity index is 1.48. The molecule has 6 heteroatoms. The van der Waals surface area contributed by atoms with Crippen LogP contribution in [0, 0.1) is 18.8 Å². The van der Waals surface area contributed by atoms with Crippen LogP contribution < -0.4 is 0 Å². The van der Waals surface area contributed by atoms with Crippen LogP contribution in [0.4, 0.5) is 0 Å². The van der Waals surface area contributed by atoms with Crippen LogP contribution in [-0.2, 0) is 9.59 Å². The molecule has 0 saturated carbocycles. The van der Waals surface area contributed by atoms with Gasteiger partial charge in [0.1, 0.15) is 0 Å². The molecule has 2 amide bonds. The molecule has 0 radical (unpaired) electrons. The molecular formula is C23H34N4O2. The normalized spacial score (nSPS) is 27.3. The molecule has 29 heavy (non-hydrogen) atoms. The molecule has 3 aliphatic heterocycles. The lowest BCUT2D eigenvalue weighted by atomic mass is 9.87. The number of rotatable bonds is 6. The van der Waals surface area contributed by atoms with Crippen molar-refractivity contribution in [2.24, 2.45) is 11.8 Å². The highest BCUT2D eigenvalue weighted by Crippen LogP contribution is 2.45. The van der Waals surface area contributed by atoms with Crippen molar-refractivity contribution < 1.29 is 9.59 Å². The summed E-state index contributed by atoms with van der Waals surface area (Å²) in [5, 5.41) is 0. The number of aryl methyl sites for hydroxylation is 1. The molecule has 1 aromatic carbocycles. The predicted octanol–water partition coefficient (Wildman–Crippen LogP) is 1.61. The van der Waals surface area contributed by atoms with Gasteiger partial charge in [-0.3, -0.25) is 9.59 Å². The Labute approximate surface area is 174 Å². The lowest BCUT2D eigenvalue weighted by Crippen LogP contribution is -2.41. The number of hydrogen-bond donors (Lipinski definition) is 0. The maximum absolute atomic E-state index is 13.0. The van der Waals surface area contributed by atoms with E-state index in [0.717, 1.165) is 45.7 Å². The van der Waals surface area contributed by atoms with Crippen molar-refractivity contribution in [3.8, 4) is 0 Å². The van der Waals surface area contributed by atoms with E-state index < -0.39 is 0 Å². The fourth-order valence-corrected chi connectivity index (χ4v) is 5.46. The third-order valence-corrected chi connectivity index (χ3v) is 6.88. The number of nitrogens with zero attached hydrogens (tertiary/aromatic N) is 4. The lowest BCUT2D eigenvalue weighted by Gasteiger charge is -2.32. The van der Waals surface area contributed by atoms with E-state index in [9.17, 15) is 9.59 Å². The first-order valence-corrected chi connectivity index (χ1v) is 10.9. The smallest absolute Gasteiger partial charge is 0.237 e. The van der Waals surface area contributed by atoms with Crippen molar-refractivity contribution in [3.63, 3.8) is 0 Å². The number of carbonyl (C=O) groups is 2. The van der Waals surface area contributed by atoms with E-state index in [4.69, 9.17) is 0 Å². The maximum atomic E-state index is 13.0. The largest absolute Gasteiger partial charge is 0.341 e. The van der Waals surface area contributed by atoms with E-state index in [1.165, 1.54) is 11.1 Å². The third kappa shape index (κ3) is 4.19. The highest BCUT2D eigenvalue weighted by Gasteiger charge is 2.49. The molecule has 0 N–H and O–H groups in total. The molecule has 3 atom stereocenters. The second-order valence-corrected chi connectivity index (χ2v) is 9.25. The molecule has 3 saturated heterocycles. The topological polar surface area (TPSA) is 47.1 Å². The molecule has 158 valence electrons. The van der Waals surface area contributed by atoms with Crippen LogP contribution in [-0.4, -0.2) is 91.3 Å². The minimum atomic E-state index is 0.159. The standard InChI is InChI=1S/C23H34N4O2/c1-17-7-4-5-8-19(17)23-20-15-25(11-12-26-10-6-9-21(26)28)13-18(20)14-27(23)22(29)16-24(2)3/h4-5,7-8,18,20,23H,6,9-16H2,1-3H3/t18-,20-,23+/m1/s1. The first-order chi connectivity index (χ1) is 13.9. The van der Waals surface area contributed by atoms with Crippen molar-refractivity contribution in [2.75, 3.05) is 59.9 Å². The quantitative estimate of drug-likeness (QED) is 0.731. The molecule has 0 aliphatic carbocycles. The van der Waals surface area contributed by atoms with Crippen LogP contribution in [0.3, 0.4) is 0 Å². The number of hydrogen-bond acceptors (Lipinski definition) is 4. The van der Waals surface area contributed by atoms with Crippen LogP contribution in [0.1, 0.15) is 30.0 Å². The van der Waals surface area contributed by atoms with Crippen LogP contribution in [0.5, 0.6) is 0 Å². The summed E-state index contributed by atoms with van der Waals surface area (Å²) in [6.07, 6.45) is 1.71. The van der Waals surface area contributed by atoms with Crippen molar-refractivity contribution in [2.45, 2.75) is 25.8 Å². The summed E-state index contributed by atoms with van der Waals surface area (Å²) in [4.78, 5) is 33.6. The SMILES string of the molecule is Cc1ccccc1[C@H]1[C@@H]2CN(CCN3CCCC3=O)C[C@@H]2CN1C(=O)CN(C)C.